The summed E-state index contributed by atoms with van der Waals surface area (Å²) in [4.78, 5) is 0. The summed E-state index contributed by atoms with van der Waals surface area (Å²) in [6.07, 6.45) is 2.45. The van der Waals surface area contributed by atoms with Gasteiger partial charge in [0.15, 0.2) is 0 Å². The summed E-state index contributed by atoms with van der Waals surface area (Å²) in [7, 11) is 2.81. The molecule has 1 unspecified atom stereocenters. The van der Waals surface area contributed by atoms with Gasteiger partial charge in [-0.2, -0.15) is 0 Å². The van der Waals surface area contributed by atoms with E-state index in [4.69, 9.17) is 0 Å². The van der Waals surface area contributed by atoms with Gasteiger partial charge in [0.25, 0.3) is 0 Å². The quantitative estimate of drug-likeness (QED) is 0.719. The molecule has 1 N–H and O–H groups in total. The Morgan fingerprint density at radius 1 is 1.29 bits per heavy atom. The second-order valence-electron chi connectivity index (χ2n) is 3.98. The summed E-state index contributed by atoms with van der Waals surface area (Å²) in [5.74, 6) is 0.343. The van der Waals surface area contributed by atoms with Crippen LogP contribution >= 0.6 is 9.39 Å². The molecule has 1 saturated heterocycles. The number of aromatic hydroxyl groups is 1. The van der Waals surface area contributed by atoms with E-state index in [9.17, 15) is 5.11 Å². The van der Waals surface area contributed by atoms with Gasteiger partial charge < -0.3 is 5.11 Å². The molecule has 0 amide bonds. The summed E-state index contributed by atoms with van der Waals surface area (Å²) in [6.45, 7) is 2.24. The number of phenolic OH excluding ortho intramolecular Hbond substituents is 1. The molecule has 1 aromatic rings. The number of hydrogen-bond acceptors (Lipinski definition) is 2. The van der Waals surface area contributed by atoms with E-state index in [0.717, 1.165) is 0 Å². The lowest BCUT2D eigenvalue weighted by molar-refractivity contribution is 0.380. The van der Waals surface area contributed by atoms with Crippen molar-refractivity contribution in [2.45, 2.75) is 31.8 Å². The molecule has 2 rings (SSSR count). The summed E-state index contributed by atoms with van der Waals surface area (Å²) >= 11 is 0. The Morgan fingerprint density at radius 2 is 1.93 bits per heavy atom. The van der Waals surface area contributed by atoms with Gasteiger partial charge in [-0.05, 0) is 37.5 Å². The number of hydrogen-bond donors (Lipinski definition) is 1. The summed E-state index contributed by atoms with van der Waals surface area (Å²) < 4.78 is 2.33. The Balaban J connectivity index is 2.19. The minimum absolute atomic E-state index is 0.343. The predicted molar refractivity (Wildman–Crippen MR) is 61.1 cm³/mol. The largest absolute Gasteiger partial charge is 0.508 e. The first-order valence-corrected chi connectivity index (χ1v) is 5.52. The molecule has 1 aliphatic rings. The van der Waals surface area contributed by atoms with Gasteiger partial charge >= 0.3 is 0 Å². The molecule has 0 bridgehead atoms. The Bertz CT molecular complexity index is 312. The molecule has 0 spiro atoms. The molecule has 2 nitrogen and oxygen atoms in total. The second kappa shape index (κ2) is 3.88. The van der Waals surface area contributed by atoms with Crippen LogP contribution < -0.4 is 0 Å². The molecule has 0 aromatic heterocycles. The number of rotatable bonds is 1. The Hall–Kier alpha value is -0.590. The lowest BCUT2D eigenvalue weighted by Gasteiger charge is -2.23. The highest BCUT2D eigenvalue weighted by molar-refractivity contribution is 7.13. The fourth-order valence-electron chi connectivity index (χ4n) is 2.04. The zero-order valence-corrected chi connectivity index (χ0v) is 9.50. The predicted octanol–water partition coefficient (Wildman–Crippen LogP) is 2.71. The van der Waals surface area contributed by atoms with Crippen molar-refractivity contribution in [1.82, 2.24) is 4.67 Å². The molecule has 0 saturated carbocycles. The molecule has 0 aliphatic carbocycles. The normalized spacial score (nSPS) is 28.1. The smallest absolute Gasteiger partial charge is 0.115 e. The van der Waals surface area contributed by atoms with Crippen LogP contribution in [0.15, 0.2) is 24.3 Å². The Morgan fingerprint density at radius 3 is 2.43 bits per heavy atom. The standard InChI is InChI=1S/C11H16NOP/c1-8-2-7-11(12(8)14)9-3-5-10(13)6-4-9/h3-6,8,11,13H,2,7,14H2,1H3/t8-,11-/m1/s1. The summed E-state index contributed by atoms with van der Waals surface area (Å²) in [5.41, 5.74) is 1.29. The number of nitrogens with zero attached hydrogens (tertiary/aromatic N) is 1. The average molecular weight is 209 g/mol. The van der Waals surface area contributed by atoms with Gasteiger partial charge in [-0.3, -0.25) is 4.67 Å². The first-order chi connectivity index (χ1) is 6.68. The van der Waals surface area contributed by atoms with Crippen LogP contribution in [0.1, 0.15) is 31.4 Å². The maximum Gasteiger partial charge on any atom is 0.115 e. The van der Waals surface area contributed by atoms with E-state index in [1.54, 1.807) is 12.1 Å². The molecular formula is C11H16NOP. The molecule has 0 radical (unpaired) electrons. The van der Waals surface area contributed by atoms with Crippen molar-refractivity contribution in [1.29, 1.82) is 0 Å². The molecule has 1 fully saturated rings. The molecule has 14 heavy (non-hydrogen) atoms. The Kier molecular flexibility index (Phi) is 2.76. The first-order valence-electron chi connectivity index (χ1n) is 5.00. The van der Waals surface area contributed by atoms with Gasteiger partial charge in [0.1, 0.15) is 5.75 Å². The van der Waals surface area contributed by atoms with Gasteiger partial charge in [-0.15, -0.1) is 0 Å². The van der Waals surface area contributed by atoms with Crippen molar-refractivity contribution in [2.75, 3.05) is 0 Å². The fourth-order valence-corrected chi connectivity index (χ4v) is 2.51. The van der Waals surface area contributed by atoms with Gasteiger partial charge in [0, 0.05) is 12.1 Å². The van der Waals surface area contributed by atoms with Gasteiger partial charge in [0.05, 0.1) is 0 Å². The molecular weight excluding hydrogens is 193 g/mol. The van der Waals surface area contributed by atoms with E-state index in [1.807, 2.05) is 12.1 Å². The van der Waals surface area contributed by atoms with Crippen molar-refractivity contribution in [2.24, 2.45) is 0 Å². The first kappa shape index (κ1) is 9.95. The van der Waals surface area contributed by atoms with Crippen LogP contribution in [0.4, 0.5) is 0 Å². The Labute approximate surface area is 87.2 Å². The molecule has 1 aliphatic heterocycles. The van der Waals surface area contributed by atoms with Crippen LogP contribution in [0.25, 0.3) is 0 Å². The van der Waals surface area contributed by atoms with Crippen LogP contribution in [0.3, 0.4) is 0 Å². The van der Waals surface area contributed by atoms with Crippen LogP contribution in [-0.2, 0) is 0 Å². The number of benzene rings is 1. The van der Waals surface area contributed by atoms with Crippen LogP contribution in [0, 0.1) is 0 Å². The maximum absolute atomic E-state index is 9.20. The topological polar surface area (TPSA) is 23.5 Å². The van der Waals surface area contributed by atoms with E-state index in [0.29, 0.717) is 17.8 Å². The third-order valence-electron chi connectivity index (χ3n) is 3.00. The lowest BCUT2D eigenvalue weighted by atomic mass is 10.1. The molecule has 3 atom stereocenters. The summed E-state index contributed by atoms with van der Waals surface area (Å²) in [6, 6.07) is 8.67. The molecule has 1 aromatic carbocycles. The van der Waals surface area contributed by atoms with Gasteiger partial charge in [0.2, 0.25) is 0 Å². The zero-order chi connectivity index (χ0) is 10.1. The molecule has 76 valence electrons. The number of phenols is 1. The van der Waals surface area contributed by atoms with Gasteiger partial charge in [-0.1, -0.05) is 21.5 Å². The monoisotopic (exact) mass is 209 g/mol. The van der Waals surface area contributed by atoms with E-state index < -0.39 is 0 Å². The van der Waals surface area contributed by atoms with E-state index >= 15 is 0 Å². The van der Waals surface area contributed by atoms with Crippen molar-refractivity contribution in [3.8, 4) is 5.75 Å². The van der Waals surface area contributed by atoms with Crippen molar-refractivity contribution < 1.29 is 5.11 Å². The highest BCUT2D eigenvalue weighted by atomic mass is 31.0. The van der Waals surface area contributed by atoms with Crippen LogP contribution in [-0.4, -0.2) is 15.8 Å². The van der Waals surface area contributed by atoms with Crippen molar-refractivity contribution >= 4 is 9.39 Å². The van der Waals surface area contributed by atoms with Crippen LogP contribution in [0.2, 0.25) is 0 Å². The molecule has 1 heterocycles. The minimum atomic E-state index is 0.343. The third-order valence-corrected chi connectivity index (χ3v) is 3.87. The van der Waals surface area contributed by atoms with E-state index in [1.165, 1.54) is 18.4 Å². The lowest BCUT2D eigenvalue weighted by Crippen LogP contribution is -2.18. The van der Waals surface area contributed by atoms with Crippen LogP contribution in [0.5, 0.6) is 5.75 Å². The highest BCUT2D eigenvalue weighted by Gasteiger charge is 2.28. The highest BCUT2D eigenvalue weighted by Crippen LogP contribution is 2.38. The third kappa shape index (κ3) is 1.77. The maximum atomic E-state index is 9.20. The fraction of sp³-hybridized carbons (Fsp3) is 0.455. The van der Waals surface area contributed by atoms with E-state index in [2.05, 4.69) is 21.0 Å². The van der Waals surface area contributed by atoms with Crippen molar-refractivity contribution in [3.63, 3.8) is 0 Å². The van der Waals surface area contributed by atoms with Gasteiger partial charge in [-0.25, -0.2) is 0 Å². The summed E-state index contributed by atoms with van der Waals surface area (Å²) in [5, 5.41) is 9.20. The SMILES string of the molecule is C[C@@H]1CC[C@H](c2ccc(O)cc2)N1P. The minimum Gasteiger partial charge on any atom is -0.508 e. The average Bonchev–Trinajstić information content (AvgIpc) is 2.50. The van der Waals surface area contributed by atoms with E-state index in [-0.39, 0.29) is 0 Å². The molecule has 3 heteroatoms. The second-order valence-corrected chi connectivity index (χ2v) is 4.58. The van der Waals surface area contributed by atoms with Crippen molar-refractivity contribution in [3.05, 3.63) is 29.8 Å². The zero-order valence-electron chi connectivity index (χ0n) is 8.35.